The summed E-state index contributed by atoms with van der Waals surface area (Å²) in [5.41, 5.74) is 3.60. The molecule has 21 heavy (non-hydrogen) atoms. The summed E-state index contributed by atoms with van der Waals surface area (Å²) in [7, 11) is 0. The summed E-state index contributed by atoms with van der Waals surface area (Å²) in [6.07, 6.45) is 1.77. The minimum atomic E-state index is -3.09. The van der Waals surface area contributed by atoms with Crippen LogP contribution in [0.3, 0.4) is 0 Å². The molecular formula is C17H28ClNO2. The molecule has 1 aliphatic carbocycles. The van der Waals surface area contributed by atoms with Crippen molar-refractivity contribution in [2.45, 2.75) is 65.0 Å². The molecule has 0 bridgehead atoms. The van der Waals surface area contributed by atoms with Crippen LogP contribution >= 0.6 is 12.4 Å². The number of benzene rings is 1. The summed E-state index contributed by atoms with van der Waals surface area (Å²) in [5, 5.41) is 12.6. The fourth-order valence-corrected chi connectivity index (χ4v) is 2.63. The summed E-state index contributed by atoms with van der Waals surface area (Å²) < 4.78 is 58.3. The van der Waals surface area contributed by atoms with Gasteiger partial charge in [-0.05, 0) is 55.9 Å². The van der Waals surface area contributed by atoms with E-state index in [0.29, 0.717) is 5.75 Å². The monoisotopic (exact) mass is 320 g/mol. The fourth-order valence-electron chi connectivity index (χ4n) is 2.63. The van der Waals surface area contributed by atoms with E-state index in [0.717, 1.165) is 24.8 Å². The van der Waals surface area contributed by atoms with Crippen LogP contribution in [-0.2, 0) is 12.8 Å². The molecule has 0 aromatic heterocycles. The van der Waals surface area contributed by atoms with Gasteiger partial charge in [-0.15, -0.1) is 12.4 Å². The fraction of sp³-hybridized carbons (Fsp3) is 0.647. The first-order valence-corrected chi connectivity index (χ1v) is 6.98. The van der Waals surface area contributed by atoms with Crippen LogP contribution in [0.2, 0.25) is 0 Å². The Bertz CT molecular complexity index is 665. The van der Waals surface area contributed by atoms with Crippen LogP contribution in [-0.4, -0.2) is 29.9 Å². The molecular weight excluding hydrogens is 286 g/mol. The van der Waals surface area contributed by atoms with Gasteiger partial charge in [-0.25, -0.2) is 0 Å². The van der Waals surface area contributed by atoms with Crippen molar-refractivity contribution >= 4 is 12.4 Å². The second-order valence-electron chi connectivity index (χ2n) is 5.38. The first kappa shape index (κ1) is 10.1. The second kappa shape index (κ2) is 8.02. The van der Waals surface area contributed by atoms with Gasteiger partial charge in [0.1, 0.15) is 18.5 Å². The molecule has 0 fully saturated rings. The maximum absolute atomic E-state index is 10.3. The molecule has 0 saturated carbocycles. The predicted octanol–water partition coefficient (Wildman–Crippen LogP) is 3.03. The number of hydrogen-bond donors (Lipinski definition) is 2. The largest absolute Gasteiger partial charge is 0.491 e. The number of nitrogens with one attached hydrogen (secondary N) is 1. The lowest BCUT2D eigenvalue weighted by Crippen LogP contribution is -2.43. The Morgan fingerprint density at radius 1 is 1.38 bits per heavy atom. The summed E-state index contributed by atoms with van der Waals surface area (Å²) in [6.45, 7) is -2.84. The lowest BCUT2D eigenvalue weighted by molar-refractivity contribution is 0.0755. The summed E-state index contributed by atoms with van der Waals surface area (Å²) in [4.78, 5) is 0. The Labute approximate surface area is 144 Å². The molecule has 2 N–H and O–H groups in total. The highest BCUT2D eigenvalue weighted by Crippen LogP contribution is 2.33. The third kappa shape index (κ3) is 4.60. The van der Waals surface area contributed by atoms with E-state index < -0.39 is 31.9 Å². The molecule has 4 heteroatoms. The van der Waals surface area contributed by atoms with Crippen LogP contribution in [0.1, 0.15) is 53.3 Å². The Morgan fingerprint density at radius 2 is 2.10 bits per heavy atom. The lowest BCUT2D eigenvalue weighted by atomic mass is 10.0. The highest BCUT2D eigenvalue weighted by atomic mass is 35.5. The molecule has 2 atom stereocenters. The van der Waals surface area contributed by atoms with E-state index in [1.165, 1.54) is 18.1 Å². The number of rotatable bonds is 6. The van der Waals surface area contributed by atoms with Crippen molar-refractivity contribution in [2.24, 2.45) is 0 Å². The van der Waals surface area contributed by atoms with Crippen molar-refractivity contribution in [1.29, 1.82) is 0 Å². The van der Waals surface area contributed by atoms with Gasteiger partial charge < -0.3 is 15.2 Å². The van der Waals surface area contributed by atoms with Gasteiger partial charge in [0.15, 0.2) is 0 Å². The minimum absolute atomic E-state index is 0. The van der Waals surface area contributed by atoms with Crippen molar-refractivity contribution in [3.63, 3.8) is 0 Å². The number of ether oxygens (including phenoxy) is 1. The SMILES string of the molecule is Cl.[2H]C([2H])([2H])C([2H])(N[C@@H](C)[C@H](O)COc1ccc(C)c2c1CCC2)C([2H])([2H])[2H]. The van der Waals surface area contributed by atoms with Gasteiger partial charge in [0.2, 0.25) is 0 Å². The van der Waals surface area contributed by atoms with Crippen molar-refractivity contribution in [2.75, 3.05) is 6.61 Å². The van der Waals surface area contributed by atoms with Crippen LogP contribution < -0.4 is 10.1 Å². The van der Waals surface area contributed by atoms with Crippen LogP contribution in [0, 0.1) is 6.92 Å². The Kier molecular flexibility index (Phi) is 3.85. The zero-order valence-electron chi connectivity index (χ0n) is 19.4. The van der Waals surface area contributed by atoms with Gasteiger partial charge in [-0.2, -0.15) is 0 Å². The molecule has 1 aromatic carbocycles. The second-order valence-corrected chi connectivity index (χ2v) is 5.38. The van der Waals surface area contributed by atoms with Crippen LogP contribution in [0.5, 0.6) is 5.75 Å². The maximum Gasteiger partial charge on any atom is 0.122 e. The number of aliphatic hydroxyl groups excluding tert-OH is 1. The van der Waals surface area contributed by atoms with Crippen LogP contribution in [0.15, 0.2) is 12.1 Å². The van der Waals surface area contributed by atoms with E-state index in [2.05, 4.69) is 5.32 Å². The standard InChI is InChI=1S/C17H27NO2.ClH/c1-11(2)18-13(4)16(19)10-20-17-9-8-12(3)14-6-5-7-15(14)17;/h8-9,11,13,16,18-19H,5-7,10H2,1-4H3;1H/t13-,16+;/m0./s1/i1D3,2D3,11D;. The van der Waals surface area contributed by atoms with E-state index >= 15 is 0 Å². The third-order valence-electron chi connectivity index (χ3n) is 3.83. The van der Waals surface area contributed by atoms with E-state index in [1.807, 2.05) is 19.1 Å². The van der Waals surface area contributed by atoms with Crippen molar-refractivity contribution in [1.82, 2.24) is 5.32 Å². The van der Waals surface area contributed by atoms with Crippen LogP contribution in [0.4, 0.5) is 0 Å². The molecule has 0 amide bonds. The van der Waals surface area contributed by atoms with E-state index in [4.69, 9.17) is 14.3 Å². The lowest BCUT2D eigenvalue weighted by Gasteiger charge is -2.23. The summed E-state index contributed by atoms with van der Waals surface area (Å²) >= 11 is 0. The molecule has 0 heterocycles. The van der Waals surface area contributed by atoms with Gasteiger partial charge in [0.25, 0.3) is 0 Å². The highest BCUT2D eigenvalue weighted by Gasteiger charge is 2.20. The molecule has 1 aliphatic rings. The van der Waals surface area contributed by atoms with Gasteiger partial charge in [0, 0.05) is 21.7 Å². The van der Waals surface area contributed by atoms with Gasteiger partial charge >= 0.3 is 0 Å². The van der Waals surface area contributed by atoms with Crippen LogP contribution in [0.25, 0.3) is 0 Å². The van der Waals surface area contributed by atoms with Crippen molar-refractivity contribution < 1.29 is 19.4 Å². The molecule has 0 spiro atoms. The van der Waals surface area contributed by atoms with E-state index in [-0.39, 0.29) is 19.0 Å². The van der Waals surface area contributed by atoms with E-state index in [1.54, 1.807) is 0 Å². The maximum atomic E-state index is 10.3. The van der Waals surface area contributed by atoms with Gasteiger partial charge in [-0.1, -0.05) is 19.8 Å². The molecule has 0 radical (unpaired) electrons. The first-order valence-electron chi connectivity index (χ1n) is 10.5. The smallest absolute Gasteiger partial charge is 0.122 e. The first-order chi connectivity index (χ1) is 12.3. The quantitative estimate of drug-likeness (QED) is 0.846. The molecule has 2 rings (SSSR count). The number of hydrogen-bond acceptors (Lipinski definition) is 3. The van der Waals surface area contributed by atoms with Gasteiger partial charge in [-0.3, -0.25) is 0 Å². The number of aliphatic hydroxyl groups is 1. The minimum Gasteiger partial charge on any atom is -0.491 e. The Morgan fingerprint density at radius 3 is 2.81 bits per heavy atom. The zero-order chi connectivity index (χ0) is 20.6. The number of aryl methyl sites for hydroxylation is 1. The highest BCUT2D eigenvalue weighted by molar-refractivity contribution is 5.85. The number of halogens is 1. The van der Waals surface area contributed by atoms with E-state index in [9.17, 15) is 5.11 Å². The normalized spacial score (nSPS) is 22.9. The summed E-state index contributed by atoms with van der Waals surface area (Å²) in [5.74, 6) is 0.683. The Balaban J connectivity index is 0.00000392. The molecule has 120 valence electrons. The third-order valence-corrected chi connectivity index (χ3v) is 3.83. The zero-order valence-corrected chi connectivity index (χ0v) is 13.2. The van der Waals surface area contributed by atoms with Crippen molar-refractivity contribution in [3.05, 3.63) is 28.8 Å². The topological polar surface area (TPSA) is 41.5 Å². The molecule has 0 aliphatic heterocycles. The molecule has 0 unspecified atom stereocenters. The summed E-state index contributed by atoms with van der Waals surface area (Å²) in [6, 6.07) is -0.0389. The number of fused-ring (bicyclic) bond motifs is 1. The predicted molar refractivity (Wildman–Crippen MR) is 89.7 cm³/mol. The average molecular weight is 321 g/mol. The molecule has 0 saturated heterocycles. The molecule has 3 nitrogen and oxygen atoms in total. The molecule has 1 aromatic rings. The average Bonchev–Trinajstić information content (AvgIpc) is 3.02. The van der Waals surface area contributed by atoms with Crippen molar-refractivity contribution in [3.8, 4) is 5.75 Å². The Hall–Kier alpha value is -0.770. The van der Waals surface area contributed by atoms with Gasteiger partial charge in [0.05, 0.1) is 0 Å².